The molecule has 220 valence electrons. The first-order valence-electron chi connectivity index (χ1n) is 13.4. The molecule has 11 nitrogen and oxygen atoms in total. The molecule has 1 saturated heterocycles. The lowest BCUT2D eigenvalue weighted by molar-refractivity contribution is -0.126. The van der Waals surface area contributed by atoms with Crippen molar-refractivity contribution in [3.8, 4) is 5.75 Å². The van der Waals surface area contributed by atoms with Crippen molar-refractivity contribution in [3.05, 3.63) is 60.7 Å². The summed E-state index contributed by atoms with van der Waals surface area (Å²) >= 11 is 0. The van der Waals surface area contributed by atoms with E-state index >= 15 is 0 Å². The Morgan fingerprint density at radius 2 is 1.71 bits per heavy atom. The summed E-state index contributed by atoms with van der Waals surface area (Å²) in [4.78, 5) is 30.0. The van der Waals surface area contributed by atoms with E-state index in [1.54, 1.807) is 42.5 Å². The Kier molecular flexibility index (Phi) is 9.69. The second-order valence-electron chi connectivity index (χ2n) is 9.77. The Hall–Kier alpha value is -3.87. The quantitative estimate of drug-likeness (QED) is 0.352. The second-order valence-corrected chi connectivity index (χ2v) is 11.6. The molecule has 41 heavy (non-hydrogen) atoms. The fraction of sp³-hybridized carbons (Fsp3) is 0.379. The van der Waals surface area contributed by atoms with E-state index < -0.39 is 28.0 Å². The highest BCUT2D eigenvalue weighted by Gasteiger charge is 2.42. The molecular weight excluding hydrogens is 546 g/mol. The SMILES string of the molecule is CCOc1ccc(NC(=O)N2CCN(S(=O)(=O)c3cccc4c(N(C)C)cccc34)C(C(=O)NCCOC)C2)cc1. The Labute approximate surface area is 241 Å². The molecule has 2 N–H and O–H groups in total. The van der Waals surface area contributed by atoms with E-state index in [0.717, 1.165) is 11.1 Å². The van der Waals surface area contributed by atoms with Crippen molar-refractivity contribution in [1.82, 2.24) is 14.5 Å². The van der Waals surface area contributed by atoms with Gasteiger partial charge in [-0.25, -0.2) is 13.2 Å². The second kappa shape index (κ2) is 13.2. The molecular formula is C29H37N5O6S. The van der Waals surface area contributed by atoms with Gasteiger partial charge in [0.05, 0.1) is 18.1 Å². The Bertz CT molecular complexity index is 1480. The molecule has 0 aliphatic carbocycles. The van der Waals surface area contributed by atoms with Crippen LogP contribution in [-0.2, 0) is 19.6 Å². The topological polar surface area (TPSA) is 121 Å². The maximum absolute atomic E-state index is 14.2. The molecule has 0 bridgehead atoms. The van der Waals surface area contributed by atoms with Gasteiger partial charge in [0.25, 0.3) is 0 Å². The van der Waals surface area contributed by atoms with E-state index in [1.165, 1.54) is 16.3 Å². The molecule has 4 rings (SSSR count). The summed E-state index contributed by atoms with van der Waals surface area (Å²) in [6.45, 7) is 2.83. The van der Waals surface area contributed by atoms with Gasteiger partial charge in [0.15, 0.2) is 0 Å². The monoisotopic (exact) mass is 583 g/mol. The lowest BCUT2D eigenvalue weighted by Gasteiger charge is -2.39. The highest BCUT2D eigenvalue weighted by atomic mass is 32.2. The number of carbonyl (C=O) groups excluding carboxylic acids is 2. The van der Waals surface area contributed by atoms with Crippen molar-refractivity contribution in [2.75, 3.05) is 70.8 Å². The van der Waals surface area contributed by atoms with Crippen LogP contribution in [0.15, 0.2) is 65.6 Å². The lowest BCUT2D eigenvalue weighted by Crippen LogP contribution is -2.62. The molecule has 0 spiro atoms. The number of fused-ring (bicyclic) bond motifs is 1. The van der Waals surface area contributed by atoms with Gasteiger partial charge in [-0.3, -0.25) is 4.79 Å². The normalized spacial score (nSPS) is 15.9. The standard InChI is InChI=1S/C29H37N5O6S/c1-5-40-22-14-12-21(13-15-22)31-29(36)33-17-18-34(26(20-33)28(35)30-16-19-39-4)41(37,38)27-11-7-8-23-24(27)9-6-10-25(23)32(2)3/h6-15,26H,5,16-20H2,1-4H3,(H,30,35)(H,31,36). The van der Waals surface area contributed by atoms with Crippen molar-refractivity contribution in [1.29, 1.82) is 0 Å². The van der Waals surface area contributed by atoms with E-state index in [9.17, 15) is 18.0 Å². The van der Waals surface area contributed by atoms with Crippen LogP contribution in [0.1, 0.15) is 6.92 Å². The summed E-state index contributed by atoms with van der Waals surface area (Å²) in [7, 11) is 1.18. The molecule has 1 aliphatic rings. The number of ether oxygens (including phenoxy) is 2. The third kappa shape index (κ3) is 6.72. The molecule has 3 aromatic carbocycles. The average molecular weight is 584 g/mol. The van der Waals surface area contributed by atoms with Gasteiger partial charge in [-0.15, -0.1) is 0 Å². The first-order chi connectivity index (χ1) is 19.7. The summed E-state index contributed by atoms with van der Waals surface area (Å²) in [6.07, 6.45) is 0. The number of piperazine rings is 1. The number of carbonyl (C=O) groups is 2. The van der Waals surface area contributed by atoms with Gasteiger partial charge in [-0.1, -0.05) is 24.3 Å². The molecule has 1 fully saturated rings. The Morgan fingerprint density at radius 1 is 1.00 bits per heavy atom. The van der Waals surface area contributed by atoms with E-state index in [2.05, 4.69) is 10.6 Å². The van der Waals surface area contributed by atoms with Crippen LogP contribution in [0.5, 0.6) is 5.75 Å². The maximum Gasteiger partial charge on any atom is 0.321 e. The van der Waals surface area contributed by atoms with Crippen LogP contribution in [0.4, 0.5) is 16.2 Å². The van der Waals surface area contributed by atoms with Crippen LogP contribution in [0.2, 0.25) is 0 Å². The van der Waals surface area contributed by atoms with E-state index in [4.69, 9.17) is 9.47 Å². The largest absolute Gasteiger partial charge is 0.494 e. The van der Waals surface area contributed by atoms with Crippen molar-refractivity contribution in [2.45, 2.75) is 17.9 Å². The zero-order valence-corrected chi connectivity index (χ0v) is 24.6. The highest BCUT2D eigenvalue weighted by Crippen LogP contribution is 2.33. The molecule has 0 saturated carbocycles. The summed E-state index contributed by atoms with van der Waals surface area (Å²) in [5.41, 5.74) is 1.44. The Balaban J connectivity index is 1.62. The summed E-state index contributed by atoms with van der Waals surface area (Å²) in [5, 5.41) is 6.92. The molecule has 1 atom stereocenters. The maximum atomic E-state index is 14.2. The zero-order chi connectivity index (χ0) is 29.6. The number of rotatable bonds is 10. The number of amides is 3. The summed E-state index contributed by atoms with van der Waals surface area (Å²) < 4.78 is 40.0. The molecule has 0 aromatic heterocycles. The van der Waals surface area contributed by atoms with E-state index in [0.29, 0.717) is 23.4 Å². The third-order valence-corrected chi connectivity index (χ3v) is 8.84. The van der Waals surface area contributed by atoms with Crippen LogP contribution >= 0.6 is 0 Å². The smallest absolute Gasteiger partial charge is 0.321 e. The van der Waals surface area contributed by atoms with E-state index in [1.807, 2.05) is 44.1 Å². The molecule has 3 aromatic rings. The molecule has 1 aliphatic heterocycles. The molecule has 3 amide bonds. The van der Waals surface area contributed by atoms with Crippen LogP contribution in [0.3, 0.4) is 0 Å². The Morgan fingerprint density at radius 3 is 2.39 bits per heavy atom. The number of nitrogens with zero attached hydrogens (tertiary/aromatic N) is 3. The van der Waals surface area contributed by atoms with Crippen LogP contribution in [0.25, 0.3) is 10.8 Å². The first-order valence-corrected chi connectivity index (χ1v) is 14.9. The number of benzene rings is 3. The predicted molar refractivity (Wildman–Crippen MR) is 159 cm³/mol. The summed E-state index contributed by atoms with van der Waals surface area (Å²) in [6, 6.07) is 16.0. The minimum atomic E-state index is -4.12. The number of hydrogen-bond acceptors (Lipinski definition) is 7. The van der Waals surface area contributed by atoms with Crippen LogP contribution < -0.4 is 20.3 Å². The van der Waals surface area contributed by atoms with Crippen LogP contribution in [0, 0.1) is 0 Å². The molecule has 1 heterocycles. The average Bonchev–Trinajstić information content (AvgIpc) is 2.97. The lowest BCUT2D eigenvalue weighted by atomic mass is 10.1. The number of anilines is 2. The van der Waals surface area contributed by atoms with Crippen molar-refractivity contribution >= 4 is 44.1 Å². The van der Waals surface area contributed by atoms with Gasteiger partial charge in [0.1, 0.15) is 11.8 Å². The minimum Gasteiger partial charge on any atom is -0.494 e. The number of sulfonamides is 1. The first kappa shape index (κ1) is 30.1. The fourth-order valence-electron chi connectivity index (χ4n) is 4.86. The van der Waals surface area contributed by atoms with Crippen molar-refractivity contribution in [3.63, 3.8) is 0 Å². The van der Waals surface area contributed by atoms with Crippen molar-refractivity contribution in [2.24, 2.45) is 0 Å². The van der Waals surface area contributed by atoms with Gasteiger partial charge in [-0.2, -0.15) is 4.31 Å². The van der Waals surface area contributed by atoms with Gasteiger partial charge >= 0.3 is 6.03 Å². The van der Waals surface area contributed by atoms with Gasteiger partial charge in [0.2, 0.25) is 15.9 Å². The highest BCUT2D eigenvalue weighted by molar-refractivity contribution is 7.89. The molecule has 1 unspecified atom stereocenters. The predicted octanol–water partition coefficient (Wildman–Crippen LogP) is 2.97. The van der Waals surface area contributed by atoms with Gasteiger partial charge in [0, 0.05) is 69.5 Å². The van der Waals surface area contributed by atoms with Gasteiger partial charge in [-0.05, 0) is 43.3 Å². The number of urea groups is 1. The number of hydrogen-bond donors (Lipinski definition) is 2. The van der Waals surface area contributed by atoms with Crippen molar-refractivity contribution < 1.29 is 27.5 Å². The van der Waals surface area contributed by atoms with Gasteiger partial charge < -0.3 is 29.9 Å². The zero-order valence-electron chi connectivity index (χ0n) is 23.8. The molecule has 12 heteroatoms. The number of methoxy groups -OCH3 is 1. The number of nitrogens with one attached hydrogen (secondary N) is 2. The third-order valence-electron chi connectivity index (χ3n) is 6.87. The fourth-order valence-corrected chi connectivity index (χ4v) is 6.63. The van der Waals surface area contributed by atoms with E-state index in [-0.39, 0.29) is 37.7 Å². The minimum absolute atomic E-state index is 0.0504. The summed E-state index contributed by atoms with van der Waals surface area (Å²) in [5.74, 6) is 0.182. The molecule has 0 radical (unpaired) electrons. The van der Waals surface area contributed by atoms with Crippen LogP contribution in [-0.4, -0.2) is 96.2 Å².